The summed E-state index contributed by atoms with van der Waals surface area (Å²) in [5.74, 6) is 1.58. The first kappa shape index (κ1) is 14.2. The molecule has 0 aliphatic carbocycles. The van der Waals surface area contributed by atoms with Crippen LogP contribution >= 0.6 is 0 Å². The summed E-state index contributed by atoms with van der Waals surface area (Å²) in [6.07, 6.45) is 0. The molecule has 6 nitrogen and oxygen atoms in total. The summed E-state index contributed by atoms with van der Waals surface area (Å²) in [5.41, 5.74) is 7.74. The van der Waals surface area contributed by atoms with Crippen molar-refractivity contribution in [3.63, 3.8) is 0 Å². The summed E-state index contributed by atoms with van der Waals surface area (Å²) in [4.78, 5) is 8.45. The molecule has 106 valence electrons. The number of hydrogen-bond donors (Lipinski definition) is 2. The van der Waals surface area contributed by atoms with Crippen molar-refractivity contribution in [2.24, 2.45) is 0 Å². The number of nitrogens with one attached hydrogen (secondary N) is 1. The third-order valence-corrected chi connectivity index (χ3v) is 2.65. The summed E-state index contributed by atoms with van der Waals surface area (Å²) in [5, 5.41) is 3.23. The molecule has 2 rings (SSSR count). The van der Waals surface area contributed by atoms with Crippen molar-refractivity contribution in [3.05, 3.63) is 41.7 Å². The molecule has 0 bridgehead atoms. The van der Waals surface area contributed by atoms with E-state index in [9.17, 15) is 0 Å². The molecule has 3 N–H and O–H groups in total. The number of anilines is 3. The third-order valence-electron chi connectivity index (χ3n) is 2.65. The second-order valence-corrected chi connectivity index (χ2v) is 4.24. The van der Waals surface area contributed by atoms with E-state index in [0.717, 1.165) is 11.3 Å². The van der Waals surface area contributed by atoms with Crippen molar-refractivity contribution in [1.29, 1.82) is 0 Å². The summed E-state index contributed by atoms with van der Waals surface area (Å²) < 4.78 is 10.2. The predicted octanol–water partition coefficient (Wildman–Crippen LogP) is 2.10. The van der Waals surface area contributed by atoms with Crippen LogP contribution in [0.4, 0.5) is 17.3 Å². The number of nitrogens with two attached hydrogens (primary N) is 1. The Balaban J connectivity index is 2.25. The molecule has 0 radical (unpaired) electrons. The van der Waals surface area contributed by atoms with Gasteiger partial charge < -0.3 is 20.5 Å². The number of ether oxygens (including phenoxy) is 2. The Morgan fingerprint density at radius 2 is 1.85 bits per heavy atom. The highest BCUT2D eigenvalue weighted by Crippen LogP contribution is 2.21. The normalized spacial score (nSPS) is 10.5. The van der Waals surface area contributed by atoms with Gasteiger partial charge in [0.1, 0.15) is 18.2 Å². The maximum Gasteiger partial charge on any atom is 0.158 e. The van der Waals surface area contributed by atoms with E-state index in [1.165, 1.54) is 0 Å². The fourth-order valence-electron chi connectivity index (χ4n) is 1.84. The van der Waals surface area contributed by atoms with Crippen LogP contribution in [0.25, 0.3) is 0 Å². The van der Waals surface area contributed by atoms with E-state index < -0.39 is 0 Å². The first-order valence-electron chi connectivity index (χ1n) is 6.19. The van der Waals surface area contributed by atoms with Crippen LogP contribution in [0.3, 0.4) is 0 Å². The zero-order chi connectivity index (χ0) is 14.4. The van der Waals surface area contributed by atoms with Crippen LogP contribution in [0.15, 0.2) is 30.3 Å². The Hall–Kier alpha value is -2.18. The molecule has 20 heavy (non-hydrogen) atoms. The van der Waals surface area contributed by atoms with Crippen molar-refractivity contribution in [2.75, 3.05) is 25.3 Å². The van der Waals surface area contributed by atoms with Gasteiger partial charge in [0.05, 0.1) is 6.61 Å². The van der Waals surface area contributed by atoms with Crippen LogP contribution < -0.4 is 11.1 Å². The smallest absolute Gasteiger partial charge is 0.158 e. The van der Waals surface area contributed by atoms with E-state index in [1.807, 2.05) is 24.3 Å². The number of aromatic nitrogens is 2. The van der Waals surface area contributed by atoms with Crippen molar-refractivity contribution in [1.82, 2.24) is 9.97 Å². The molecular formula is C14H18N4O2. The van der Waals surface area contributed by atoms with Gasteiger partial charge in [-0.2, -0.15) is 0 Å². The molecule has 1 heterocycles. The fourth-order valence-corrected chi connectivity index (χ4v) is 1.84. The van der Waals surface area contributed by atoms with Gasteiger partial charge in [-0.3, -0.25) is 0 Å². The first-order valence-corrected chi connectivity index (χ1v) is 6.19. The monoisotopic (exact) mass is 274 g/mol. The number of hydrogen-bond acceptors (Lipinski definition) is 6. The minimum absolute atomic E-state index is 0.319. The van der Waals surface area contributed by atoms with Gasteiger partial charge in [-0.15, -0.1) is 0 Å². The van der Waals surface area contributed by atoms with Crippen LogP contribution in [0.1, 0.15) is 11.4 Å². The predicted molar refractivity (Wildman–Crippen MR) is 77.6 cm³/mol. The van der Waals surface area contributed by atoms with Crippen molar-refractivity contribution in [3.8, 4) is 0 Å². The molecule has 0 saturated carbocycles. The van der Waals surface area contributed by atoms with Crippen LogP contribution in [-0.2, 0) is 22.7 Å². The van der Waals surface area contributed by atoms with Crippen molar-refractivity contribution in [2.45, 2.75) is 13.2 Å². The number of benzene rings is 1. The topological polar surface area (TPSA) is 82.3 Å². The lowest BCUT2D eigenvalue weighted by Crippen LogP contribution is -2.05. The number of rotatable bonds is 6. The van der Waals surface area contributed by atoms with Crippen LogP contribution in [0.5, 0.6) is 0 Å². The highest BCUT2D eigenvalue weighted by atomic mass is 16.5. The van der Waals surface area contributed by atoms with Gasteiger partial charge in [-0.25, -0.2) is 9.97 Å². The van der Waals surface area contributed by atoms with Gasteiger partial charge in [0.2, 0.25) is 0 Å². The van der Waals surface area contributed by atoms with Crippen LogP contribution in [-0.4, -0.2) is 24.2 Å². The van der Waals surface area contributed by atoms with E-state index in [4.69, 9.17) is 15.2 Å². The highest BCUT2D eigenvalue weighted by molar-refractivity contribution is 5.62. The Morgan fingerprint density at radius 1 is 1.10 bits per heavy atom. The molecule has 0 atom stereocenters. The SMILES string of the molecule is COCc1nc(N)cc(Nc2ccccc2COC)n1. The van der Waals surface area contributed by atoms with Gasteiger partial charge in [-0.1, -0.05) is 18.2 Å². The van der Waals surface area contributed by atoms with Crippen LogP contribution in [0.2, 0.25) is 0 Å². The Bertz CT molecular complexity index is 575. The average molecular weight is 274 g/mol. The minimum atomic E-state index is 0.319. The van der Waals surface area contributed by atoms with Gasteiger partial charge in [0.15, 0.2) is 5.82 Å². The summed E-state index contributed by atoms with van der Waals surface area (Å²) in [7, 11) is 3.25. The molecule has 0 unspecified atom stereocenters. The van der Waals surface area contributed by atoms with Crippen molar-refractivity contribution < 1.29 is 9.47 Å². The standard InChI is InChI=1S/C14H18N4O2/c1-19-8-10-5-3-4-6-11(10)16-13-7-12(15)17-14(18-13)9-20-2/h3-7H,8-9H2,1-2H3,(H3,15,16,17,18). The maximum absolute atomic E-state index is 5.77. The summed E-state index contributed by atoms with van der Waals surface area (Å²) >= 11 is 0. The molecule has 0 aliphatic rings. The molecule has 0 aliphatic heterocycles. The van der Waals surface area contributed by atoms with Gasteiger partial charge in [-0.05, 0) is 6.07 Å². The fraction of sp³-hybridized carbons (Fsp3) is 0.286. The van der Waals surface area contributed by atoms with Crippen molar-refractivity contribution >= 4 is 17.3 Å². The average Bonchev–Trinajstić information content (AvgIpc) is 2.41. The van der Waals surface area contributed by atoms with E-state index in [0.29, 0.717) is 30.7 Å². The molecule has 1 aromatic heterocycles. The van der Waals surface area contributed by atoms with E-state index >= 15 is 0 Å². The lowest BCUT2D eigenvalue weighted by Gasteiger charge is -2.12. The second-order valence-electron chi connectivity index (χ2n) is 4.24. The molecular weight excluding hydrogens is 256 g/mol. The van der Waals surface area contributed by atoms with Gasteiger partial charge >= 0.3 is 0 Å². The molecule has 0 fully saturated rings. The largest absolute Gasteiger partial charge is 0.384 e. The molecule has 2 aromatic rings. The Labute approximate surface area is 118 Å². The Morgan fingerprint density at radius 3 is 2.60 bits per heavy atom. The molecule has 6 heteroatoms. The number of para-hydroxylation sites is 1. The quantitative estimate of drug-likeness (QED) is 0.839. The molecule has 1 aromatic carbocycles. The zero-order valence-electron chi connectivity index (χ0n) is 11.6. The zero-order valence-corrected chi connectivity index (χ0v) is 11.6. The highest BCUT2D eigenvalue weighted by Gasteiger charge is 2.06. The van der Waals surface area contributed by atoms with E-state index in [2.05, 4.69) is 15.3 Å². The second kappa shape index (κ2) is 6.83. The van der Waals surface area contributed by atoms with Crippen LogP contribution in [0, 0.1) is 0 Å². The van der Waals surface area contributed by atoms with E-state index in [1.54, 1.807) is 20.3 Å². The van der Waals surface area contributed by atoms with Gasteiger partial charge in [0, 0.05) is 31.5 Å². The van der Waals surface area contributed by atoms with E-state index in [-0.39, 0.29) is 0 Å². The third kappa shape index (κ3) is 3.66. The molecule has 0 saturated heterocycles. The maximum atomic E-state index is 5.77. The minimum Gasteiger partial charge on any atom is -0.384 e. The number of nitrogens with zero attached hydrogens (tertiary/aromatic N) is 2. The number of nitrogen functional groups attached to an aromatic ring is 1. The first-order chi connectivity index (χ1) is 9.72. The summed E-state index contributed by atoms with van der Waals surface area (Å²) in [6, 6.07) is 9.55. The molecule has 0 spiro atoms. The summed E-state index contributed by atoms with van der Waals surface area (Å²) in [6.45, 7) is 0.841. The molecule has 0 amide bonds. The lowest BCUT2D eigenvalue weighted by molar-refractivity contribution is 0.178. The lowest BCUT2D eigenvalue weighted by atomic mass is 10.2. The van der Waals surface area contributed by atoms with Gasteiger partial charge in [0.25, 0.3) is 0 Å². The Kier molecular flexibility index (Phi) is 4.86. The number of methoxy groups -OCH3 is 2.